The molecule has 4 heterocycles. The molecule has 1 aromatic carbocycles. The number of carbonyl (C=O) groups excluding carboxylic acids is 2. The van der Waals surface area contributed by atoms with E-state index in [9.17, 15) is 18.4 Å². The van der Waals surface area contributed by atoms with Gasteiger partial charge in [0.2, 0.25) is 11.8 Å². The van der Waals surface area contributed by atoms with E-state index in [0.29, 0.717) is 42.4 Å². The van der Waals surface area contributed by atoms with Gasteiger partial charge in [0.05, 0.1) is 25.6 Å². The highest BCUT2D eigenvalue weighted by Gasteiger charge is 2.22. The summed E-state index contributed by atoms with van der Waals surface area (Å²) in [5, 5.41) is 9.76. The van der Waals surface area contributed by atoms with Crippen LogP contribution in [0.1, 0.15) is 35.7 Å². The molecule has 2 amide bonds. The molecule has 1 atom stereocenters. The lowest BCUT2D eigenvalue weighted by atomic mass is 10.1. The monoisotopic (exact) mass is 552 g/mol. The molecule has 5 rings (SSSR count). The van der Waals surface area contributed by atoms with Crippen LogP contribution in [0.5, 0.6) is 11.6 Å². The Morgan fingerprint density at radius 2 is 2.08 bits per heavy atom. The number of pyridine rings is 1. The second-order valence-electron chi connectivity index (χ2n) is 9.13. The van der Waals surface area contributed by atoms with Crippen molar-refractivity contribution in [1.82, 2.24) is 24.9 Å². The summed E-state index contributed by atoms with van der Waals surface area (Å²) in [4.78, 5) is 33.1. The molecule has 1 aliphatic heterocycles. The topological polar surface area (TPSA) is 129 Å². The number of fused-ring (bicyclic) bond motifs is 1. The molecule has 0 spiro atoms. The second-order valence-corrected chi connectivity index (χ2v) is 9.13. The van der Waals surface area contributed by atoms with Crippen molar-refractivity contribution in [3.05, 3.63) is 65.5 Å². The molecule has 1 fully saturated rings. The molecular formula is C27H26F2N6O5. The lowest BCUT2D eigenvalue weighted by molar-refractivity contribution is -0.114. The number of anilines is 1. The van der Waals surface area contributed by atoms with Crippen molar-refractivity contribution < 1.29 is 32.6 Å². The van der Waals surface area contributed by atoms with Gasteiger partial charge >= 0.3 is 0 Å². The van der Waals surface area contributed by atoms with E-state index in [1.54, 1.807) is 24.4 Å². The Hall–Kier alpha value is -4.65. The van der Waals surface area contributed by atoms with E-state index in [0.717, 1.165) is 18.6 Å². The number of halogens is 2. The highest BCUT2D eigenvalue weighted by Crippen LogP contribution is 2.28. The van der Waals surface area contributed by atoms with Crippen LogP contribution in [0.15, 0.2) is 42.7 Å². The highest BCUT2D eigenvalue weighted by atomic mass is 19.1. The van der Waals surface area contributed by atoms with Crippen LogP contribution in [0.3, 0.4) is 0 Å². The van der Waals surface area contributed by atoms with E-state index in [2.05, 4.69) is 25.7 Å². The summed E-state index contributed by atoms with van der Waals surface area (Å²) >= 11 is 0. The van der Waals surface area contributed by atoms with Crippen molar-refractivity contribution in [1.29, 1.82) is 0 Å². The second kappa shape index (κ2) is 11.6. The van der Waals surface area contributed by atoms with Gasteiger partial charge in [-0.2, -0.15) is 5.10 Å². The number of hydrogen-bond acceptors (Lipinski definition) is 8. The summed E-state index contributed by atoms with van der Waals surface area (Å²) in [6.45, 7) is 2.07. The number of nitrogens with one attached hydrogen (secondary N) is 2. The third kappa shape index (κ3) is 5.99. The van der Waals surface area contributed by atoms with Gasteiger partial charge in [0.25, 0.3) is 5.91 Å². The fourth-order valence-corrected chi connectivity index (χ4v) is 4.31. The SMILES string of the molecule is COc1ncc(-c2ccc3nc(NC(C)=O)cn3n2)cc1C(=O)NCc1cc(F)cc(F)c1OC1CCCOC1. The lowest BCUT2D eigenvalue weighted by Gasteiger charge is -2.25. The van der Waals surface area contributed by atoms with Crippen LogP contribution < -0.4 is 20.1 Å². The first-order valence-corrected chi connectivity index (χ1v) is 12.5. The van der Waals surface area contributed by atoms with Gasteiger partial charge in [-0.25, -0.2) is 23.3 Å². The molecule has 1 unspecified atom stereocenters. The minimum absolute atomic E-state index is 0.0548. The van der Waals surface area contributed by atoms with Gasteiger partial charge in [-0.3, -0.25) is 9.59 Å². The molecule has 2 N–H and O–H groups in total. The number of methoxy groups -OCH3 is 1. The standard InChI is InChI=1S/C27H26F2N6O5/c1-15(36)32-23-13-35-24(33-23)6-5-22(34-35)16-9-20(27(38-2)31-11-16)26(37)30-12-17-8-18(28)10-21(29)25(17)40-19-4-3-7-39-14-19/h5-6,8-11,13,19H,3-4,7,12,14H2,1-2H3,(H,30,37)(H,32,36). The van der Waals surface area contributed by atoms with Gasteiger partial charge in [0, 0.05) is 43.5 Å². The molecule has 3 aromatic heterocycles. The van der Waals surface area contributed by atoms with Crippen molar-refractivity contribution in [2.45, 2.75) is 32.4 Å². The van der Waals surface area contributed by atoms with E-state index in [4.69, 9.17) is 14.2 Å². The average molecular weight is 553 g/mol. The smallest absolute Gasteiger partial charge is 0.257 e. The van der Waals surface area contributed by atoms with Crippen molar-refractivity contribution in [3.8, 4) is 22.9 Å². The first-order valence-electron chi connectivity index (χ1n) is 12.5. The molecule has 0 radical (unpaired) electrons. The van der Waals surface area contributed by atoms with Crippen LogP contribution in [-0.4, -0.2) is 57.8 Å². The summed E-state index contributed by atoms with van der Waals surface area (Å²) in [7, 11) is 1.37. The fraction of sp³-hybridized carbons (Fsp3) is 0.296. The fourth-order valence-electron chi connectivity index (χ4n) is 4.31. The normalized spacial score (nSPS) is 15.1. The van der Waals surface area contributed by atoms with Crippen molar-refractivity contribution in [2.24, 2.45) is 0 Å². The predicted molar refractivity (Wildman–Crippen MR) is 139 cm³/mol. The van der Waals surface area contributed by atoms with Crippen LogP contribution in [0.25, 0.3) is 16.9 Å². The van der Waals surface area contributed by atoms with Crippen LogP contribution >= 0.6 is 0 Å². The molecule has 40 heavy (non-hydrogen) atoms. The largest absolute Gasteiger partial charge is 0.485 e. The maximum absolute atomic E-state index is 14.7. The maximum atomic E-state index is 14.7. The third-order valence-electron chi connectivity index (χ3n) is 6.14. The maximum Gasteiger partial charge on any atom is 0.257 e. The Labute approximate surface area is 227 Å². The molecule has 13 heteroatoms. The first-order chi connectivity index (χ1) is 19.3. The van der Waals surface area contributed by atoms with Crippen LogP contribution in [-0.2, 0) is 16.1 Å². The van der Waals surface area contributed by atoms with Gasteiger partial charge in [-0.15, -0.1) is 0 Å². The Balaban J connectivity index is 1.38. The van der Waals surface area contributed by atoms with Crippen LogP contribution in [0.4, 0.5) is 14.6 Å². The lowest BCUT2D eigenvalue weighted by Crippen LogP contribution is -2.29. The number of benzene rings is 1. The molecule has 11 nitrogen and oxygen atoms in total. The van der Waals surface area contributed by atoms with Gasteiger partial charge in [-0.05, 0) is 37.1 Å². The summed E-state index contributed by atoms with van der Waals surface area (Å²) in [6, 6.07) is 6.80. The molecule has 0 saturated carbocycles. The Kier molecular flexibility index (Phi) is 7.82. The van der Waals surface area contributed by atoms with Gasteiger partial charge in [-0.1, -0.05) is 0 Å². The predicted octanol–water partition coefficient (Wildman–Crippen LogP) is 3.52. The van der Waals surface area contributed by atoms with E-state index in [1.165, 1.54) is 24.7 Å². The Bertz CT molecular complexity index is 1570. The quantitative estimate of drug-likeness (QED) is 0.340. The molecule has 0 aliphatic carbocycles. The summed E-state index contributed by atoms with van der Waals surface area (Å²) in [5.74, 6) is -2.23. The van der Waals surface area contributed by atoms with Crippen molar-refractivity contribution >= 4 is 23.3 Å². The zero-order valence-electron chi connectivity index (χ0n) is 21.7. The number of nitrogens with zero attached hydrogens (tertiary/aromatic N) is 4. The zero-order valence-corrected chi connectivity index (χ0v) is 21.7. The molecular weight excluding hydrogens is 526 g/mol. The van der Waals surface area contributed by atoms with Crippen molar-refractivity contribution in [2.75, 3.05) is 25.6 Å². The summed E-state index contributed by atoms with van der Waals surface area (Å²) < 4.78 is 46.7. The Morgan fingerprint density at radius 3 is 2.83 bits per heavy atom. The molecule has 208 valence electrons. The van der Waals surface area contributed by atoms with E-state index < -0.39 is 17.5 Å². The molecule has 1 aliphatic rings. The van der Waals surface area contributed by atoms with Gasteiger partial charge in [0.15, 0.2) is 23.0 Å². The average Bonchev–Trinajstić information content (AvgIpc) is 3.34. The number of amides is 2. The molecule has 4 aromatic rings. The minimum Gasteiger partial charge on any atom is -0.485 e. The van der Waals surface area contributed by atoms with Crippen LogP contribution in [0, 0.1) is 11.6 Å². The molecule has 0 bridgehead atoms. The number of ether oxygens (including phenoxy) is 3. The number of rotatable bonds is 8. The first kappa shape index (κ1) is 26.9. The van der Waals surface area contributed by atoms with E-state index in [1.807, 2.05) is 0 Å². The number of aromatic nitrogens is 4. The van der Waals surface area contributed by atoms with Gasteiger partial charge in [0.1, 0.15) is 17.5 Å². The zero-order chi connectivity index (χ0) is 28.2. The summed E-state index contributed by atoms with van der Waals surface area (Å²) in [5.41, 5.74) is 1.71. The van der Waals surface area contributed by atoms with E-state index in [-0.39, 0.29) is 41.3 Å². The third-order valence-corrected chi connectivity index (χ3v) is 6.14. The Morgan fingerprint density at radius 1 is 1.23 bits per heavy atom. The van der Waals surface area contributed by atoms with E-state index >= 15 is 0 Å². The van der Waals surface area contributed by atoms with Gasteiger partial charge < -0.3 is 24.8 Å². The number of hydrogen-bond donors (Lipinski definition) is 2. The highest BCUT2D eigenvalue weighted by molar-refractivity contribution is 5.97. The number of imidazole rings is 1. The molecule has 1 saturated heterocycles. The van der Waals surface area contributed by atoms with Crippen molar-refractivity contribution in [3.63, 3.8) is 0 Å². The van der Waals surface area contributed by atoms with Crippen LogP contribution in [0.2, 0.25) is 0 Å². The summed E-state index contributed by atoms with van der Waals surface area (Å²) in [6.07, 6.45) is 4.12. The minimum atomic E-state index is -0.862. The number of carbonyl (C=O) groups is 2.